The zero-order chi connectivity index (χ0) is 15.2. The molecule has 0 aromatic heterocycles. The molecule has 0 saturated carbocycles. The van der Waals surface area contributed by atoms with Crippen molar-refractivity contribution in [3.05, 3.63) is 33.8 Å². The standard InChI is InChI=1S/C13H16Cl2F3NO/c1-2-19-12(5-6-20-8-13(16,17)18)9-3-4-10(14)11(15)7-9/h3-4,7,12,19H,2,5-6,8H2,1H3. The van der Waals surface area contributed by atoms with Gasteiger partial charge in [0.25, 0.3) is 0 Å². The van der Waals surface area contributed by atoms with E-state index in [1.165, 1.54) is 0 Å². The number of rotatable bonds is 7. The summed E-state index contributed by atoms with van der Waals surface area (Å²) in [5.41, 5.74) is 0.872. The average Bonchev–Trinajstić information content (AvgIpc) is 2.35. The average molecular weight is 330 g/mol. The smallest absolute Gasteiger partial charge is 0.372 e. The van der Waals surface area contributed by atoms with Crippen molar-refractivity contribution < 1.29 is 17.9 Å². The van der Waals surface area contributed by atoms with E-state index in [2.05, 4.69) is 10.1 Å². The van der Waals surface area contributed by atoms with Crippen LogP contribution in [-0.2, 0) is 4.74 Å². The van der Waals surface area contributed by atoms with E-state index in [-0.39, 0.29) is 12.6 Å². The molecule has 1 atom stereocenters. The number of alkyl halides is 3. The minimum absolute atomic E-state index is 0.0113. The number of ether oxygens (including phenoxy) is 1. The Bertz CT molecular complexity index is 427. The van der Waals surface area contributed by atoms with Crippen molar-refractivity contribution >= 4 is 23.2 Å². The predicted octanol–water partition coefficient (Wildman–Crippen LogP) is 4.61. The fourth-order valence-corrected chi connectivity index (χ4v) is 2.06. The second-order valence-electron chi connectivity index (χ2n) is 4.24. The van der Waals surface area contributed by atoms with Gasteiger partial charge < -0.3 is 10.1 Å². The molecule has 20 heavy (non-hydrogen) atoms. The van der Waals surface area contributed by atoms with Crippen LogP contribution in [0.1, 0.15) is 24.9 Å². The number of nitrogens with one attached hydrogen (secondary N) is 1. The molecule has 0 saturated heterocycles. The van der Waals surface area contributed by atoms with Crippen LogP contribution in [0.5, 0.6) is 0 Å². The van der Waals surface area contributed by atoms with E-state index in [9.17, 15) is 13.2 Å². The van der Waals surface area contributed by atoms with E-state index in [1.807, 2.05) is 6.92 Å². The lowest BCUT2D eigenvalue weighted by molar-refractivity contribution is -0.174. The van der Waals surface area contributed by atoms with Gasteiger partial charge in [0.05, 0.1) is 10.0 Å². The minimum atomic E-state index is -4.29. The molecular weight excluding hydrogens is 314 g/mol. The highest BCUT2D eigenvalue weighted by atomic mass is 35.5. The molecule has 2 nitrogen and oxygen atoms in total. The Balaban J connectivity index is 2.57. The largest absolute Gasteiger partial charge is 0.411 e. The molecule has 0 aliphatic rings. The zero-order valence-electron chi connectivity index (χ0n) is 10.9. The summed E-state index contributed by atoms with van der Waals surface area (Å²) in [7, 11) is 0. The lowest BCUT2D eigenvalue weighted by Gasteiger charge is -2.19. The predicted molar refractivity (Wildman–Crippen MR) is 74.4 cm³/mol. The van der Waals surface area contributed by atoms with Gasteiger partial charge in [0.2, 0.25) is 0 Å². The molecule has 0 heterocycles. The fraction of sp³-hybridized carbons (Fsp3) is 0.538. The van der Waals surface area contributed by atoms with Gasteiger partial charge in [0, 0.05) is 12.6 Å². The molecule has 1 rings (SSSR count). The number of halogens is 5. The Hall–Kier alpha value is -0.490. The monoisotopic (exact) mass is 329 g/mol. The maximum absolute atomic E-state index is 12.0. The quantitative estimate of drug-likeness (QED) is 0.737. The molecule has 0 aliphatic carbocycles. The number of hydrogen-bond acceptors (Lipinski definition) is 2. The first kappa shape index (κ1) is 17.6. The molecule has 1 N–H and O–H groups in total. The van der Waals surface area contributed by atoms with E-state index >= 15 is 0 Å². The molecule has 0 radical (unpaired) electrons. The molecule has 1 unspecified atom stereocenters. The van der Waals surface area contributed by atoms with Gasteiger partial charge in [-0.2, -0.15) is 13.2 Å². The van der Waals surface area contributed by atoms with Gasteiger partial charge >= 0.3 is 6.18 Å². The third kappa shape index (κ3) is 6.31. The fourth-order valence-electron chi connectivity index (χ4n) is 1.75. The molecule has 1 aromatic rings. The third-order valence-electron chi connectivity index (χ3n) is 2.61. The van der Waals surface area contributed by atoms with Gasteiger partial charge in [-0.25, -0.2) is 0 Å². The van der Waals surface area contributed by atoms with Crippen LogP contribution < -0.4 is 5.32 Å². The van der Waals surface area contributed by atoms with Crippen molar-refractivity contribution in [3.63, 3.8) is 0 Å². The summed E-state index contributed by atoms with van der Waals surface area (Å²) >= 11 is 11.8. The molecule has 0 spiro atoms. The van der Waals surface area contributed by atoms with Crippen LogP contribution in [0.2, 0.25) is 10.0 Å². The Morgan fingerprint density at radius 1 is 1.25 bits per heavy atom. The van der Waals surface area contributed by atoms with Gasteiger partial charge in [-0.1, -0.05) is 36.2 Å². The van der Waals surface area contributed by atoms with Crippen molar-refractivity contribution in [2.75, 3.05) is 19.8 Å². The van der Waals surface area contributed by atoms with Crippen molar-refractivity contribution in [1.29, 1.82) is 0 Å². The summed E-state index contributed by atoms with van der Waals surface area (Å²) in [6.07, 6.45) is -3.88. The Labute approximate surface area is 126 Å². The Morgan fingerprint density at radius 2 is 1.95 bits per heavy atom. The summed E-state index contributed by atoms with van der Waals surface area (Å²) in [6.45, 7) is 1.38. The molecule has 0 fully saturated rings. The molecule has 0 bridgehead atoms. The SMILES string of the molecule is CCNC(CCOCC(F)(F)F)c1ccc(Cl)c(Cl)c1. The van der Waals surface area contributed by atoms with Crippen LogP contribution in [0, 0.1) is 0 Å². The lowest BCUT2D eigenvalue weighted by Crippen LogP contribution is -2.24. The highest BCUT2D eigenvalue weighted by molar-refractivity contribution is 6.42. The molecular formula is C13H16Cl2F3NO. The highest BCUT2D eigenvalue weighted by Crippen LogP contribution is 2.27. The summed E-state index contributed by atoms with van der Waals surface area (Å²) < 4.78 is 40.6. The van der Waals surface area contributed by atoms with E-state index in [0.29, 0.717) is 23.0 Å². The number of benzene rings is 1. The molecule has 0 aliphatic heterocycles. The molecule has 0 amide bonds. The summed E-state index contributed by atoms with van der Waals surface area (Å²) in [4.78, 5) is 0. The molecule has 7 heteroatoms. The first-order valence-corrected chi connectivity index (χ1v) is 6.92. The summed E-state index contributed by atoms with van der Waals surface area (Å²) in [5.74, 6) is 0. The van der Waals surface area contributed by atoms with Crippen molar-refractivity contribution in [3.8, 4) is 0 Å². The Morgan fingerprint density at radius 3 is 2.50 bits per heavy atom. The topological polar surface area (TPSA) is 21.3 Å². The van der Waals surface area contributed by atoms with Gasteiger partial charge in [0.1, 0.15) is 6.61 Å². The van der Waals surface area contributed by atoms with Crippen LogP contribution in [0.15, 0.2) is 18.2 Å². The van der Waals surface area contributed by atoms with Crippen molar-refractivity contribution in [2.24, 2.45) is 0 Å². The van der Waals surface area contributed by atoms with E-state index in [4.69, 9.17) is 23.2 Å². The normalized spacial score (nSPS) is 13.5. The van der Waals surface area contributed by atoms with E-state index < -0.39 is 12.8 Å². The molecule has 114 valence electrons. The van der Waals surface area contributed by atoms with Crippen molar-refractivity contribution in [1.82, 2.24) is 5.32 Å². The van der Waals surface area contributed by atoms with Crippen LogP contribution in [0.25, 0.3) is 0 Å². The maximum atomic E-state index is 12.0. The molecule has 1 aromatic carbocycles. The van der Waals surface area contributed by atoms with Crippen molar-refractivity contribution in [2.45, 2.75) is 25.6 Å². The van der Waals surface area contributed by atoms with Gasteiger partial charge in [-0.15, -0.1) is 0 Å². The maximum Gasteiger partial charge on any atom is 0.411 e. The lowest BCUT2D eigenvalue weighted by atomic mass is 10.0. The van der Waals surface area contributed by atoms with Crippen LogP contribution in [0.4, 0.5) is 13.2 Å². The van der Waals surface area contributed by atoms with Gasteiger partial charge in [-0.3, -0.25) is 0 Å². The van der Waals surface area contributed by atoms with E-state index in [0.717, 1.165) is 5.56 Å². The summed E-state index contributed by atoms with van der Waals surface area (Å²) in [6, 6.07) is 5.05. The zero-order valence-corrected chi connectivity index (χ0v) is 12.4. The van der Waals surface area contributed by atoms with E-state index in [1.54, 1.807) is 18.2 Å². The first-order valence-electron chi connectivity index (χ1n) is 6.16. The second-order valence-corrected chi connectivity index (χ2v) is 5.05. The summed E-state index contributed by atoms with van der Waals surface area (Å²) in [5, 5.41) is 4.04. The van der Waals surface area contributed by atoms with Gasteiger partial charge in [-0.05, 0) is 30.7 Å². The second kappa shape index (κ2) is 8.08. The first-order chi connectivity index (χ1) is 9.33. The minimum Gasteiger partial charge on any atom is -0.372 e. The van der Waals surface area contributed by atoms with Crippen LogP contribution in [-0.4, -0.2) is 25.9 Å². The number of hydrogen-bond donors (Lipinski definition) is 1. The van der Waals surface area contributed by atoms with Crippen LogP contribution in [0.3, 0.4) is 0 Å². The Kier molecular flexibility index (Phi) is 7.09. The highest BCUT2D eigenvalue weighted by Gasteiger charge is 2.27. The van der Waals surface area contributed by atoms with Gasteiger partial charge in [0.15, 0.2) is 0 Å². The third-order valence-corrected chi connectivity index (χ3v) is 3.35. The van der Waals surface area contributed by atoms with Crippen LogP contribution >= 0.6 is 23.2 Å².